The lowest BCUT2D eigenvalue weighted by Crippen LogP contribution is -2.27. The van der Waals surface area contributed by atoms with Crippen LogP contribution in [0.4, 0.5) is 5.69 Å². The fourth-order valence-electron chi connectivity index (χ4n) is 2.53. The van der Waals surface area contributed by atoms with E-state index in [0.29, 0.717) is 17.1 Å². The molecule has 1 fully saturated rings. The van der Waals surface area contributed by atoms with Crippen molar-refractivity contribution in [2.75, 3.05) is 11.9 Å². The SMILES string of the molecule is C=CC(=O)N(C)c1ccc(C(=O)NCc2n[nH]c(=O)n2C2CC2)cc1. The van der Waals surface area contributed by atoms with Crippen LogP contribution in [0.25, 0.3) is 0 Å². The first-order valence-corrected chi connectivity index (χ1v) is 7.95. The number of hydrogen-bond acceptors (Lipinski definition) is 4. The zero-order valence-electron chi connectivity index (χ0n) is 13.9. The summed E-state index contributed by atoms with van der Waals surface area (Å²) in [6, 6.07) is 6.83. The number of carbonyl (C=O) groups is 2. The Morgan fingerprint density at radius 1 is 1.40 bits per heavy atom. The number of nitrogens with one attached hydrogen (secondary N) is 2. The summed E-state index contributed by atoms with van der Waals surface area (Å²) >= 11 is 0. The molecule has 1 heterocycles. The minimum absolute atomic E-state index is 0.171. The van der Waals surface area contributed by atoms with Gasteiger partial charge in [-0.3, -0.25) is 14.2 Å². The number of amides is 2. The van der Waals surface area contributed by atoms with E-state index in [2.05, 4.69) is 22.1 Å². The first kappa shape index (κ1) is 16.7. The smallest absolute Gasteiger partial charge is 0.343 e. The predicted octanol–water partition coefficient (Wildman–Crippen LogP) is 0.985. The van der Waals surface area contributed by atoms with Crippen LogP contribution in [0.3, 0.4) is 0 Å². The molecule has 1 aliphatic carbocycles. The molecule has 0 atom stereocenters. The number of carbonyl (C=O) groups excluding carboxylic acids is 2. The van der Waals surface area contributed by atoms with E-state index in [4.69, 9.17) is 0 Å². The van der Waals surface area contributed by atoms with Crippen LogP contribution in [0.1, 0.15) is 35.1 Å². The molecule has 1 aromatic carbocycles. The summed E-state index contributed by atoms with van der Waals surface area (Å²) in [6.45, 7) is 3.61. The van der Waals surface area contributed by atoms with Crippen molar-refractivity contribution in [1.29, 1.82) is 0 Å². The lowest BCUT2D eigenvalue weighted by molar-refractivity contribution is -0.113. The molecule has 130 valence electrons. The minimum atomic E-state index is -0.276. The maximum Gasteiger partial charge on any atom is 0.343 e. The third-order valence-electron chi connectivity index (χ3n) is 4.12. The standard InChI is InChI=1S/C17H19N5O3/c1-3-15(23)21(2)12-6-4-11(5-7-12)16(24)18-10-14-19-20-17(25)22(14)13-8-9-13/h3-7,13H,1,8-10H2,2H3,(H,18,24)(H,20,25). The highest BCUT2D eigenvalue weighted by Crippen LogP contribution is 2.33. The van der Waals surface area contributed by atoms with Crippen LogP contribution in [-0.4, -0.2) is 33.6 Å². The molecule has 8 nitrogen and oxygen atoms in total. The number of likely N-dealkylation sites (N-methyl/N-ethyl adjacent to an activating group) is 1. The maximum absolute atomic E-state index is 12.3. The van der Waals surface area contributed by atoms with Crippen molar-refractivity contribution in [2.45, 2.75) is 25.4 Å². The predicted molar refractivity (Wildman–Crippen MR) is 92.3 cm³/mol. The Kier molecular flexibility index (Phi) is 4.51. The summed E-state index contributed by atoms with van der Waals surface area (Å²) in [7, 11) is 1.63. The van der Waals surface area contributed by atoms with Crippen molar-refractivity contribution >= 4 is 17.5 Å². The van der Waals surface area contributed by atoms with Crippen molar-refractivity contribution in [1.82, 2.24) is 20.1 Å². The highest BCUT2D eigenvalue weighted by atomic mass is 16.2. The second-order valence-electron chi connectivity index (χ2n) is 5.88. The van der Waals surface area contributed by atoms with E-state index in [-0.39, 0.29) is 30.1 Å². The molecule has 3 rings (SSSR count). The fraction of sp³-hybridized carbons (Fsp3) is 0.294. The number of nitrogens with zero attached hydrogens (tertiary/aromatic N) is 3. The molecule has 1 saturated carbocycles. The van der Waals surface area contributed by atoms with Crippen LogP contribution < -0.4 is 15.9 Å². The second-order valence-corrected chi connectivity index (χ2v) is 5.88. The van der Waals surface area contributed by atoms with E-state index >= 15 is 0 Å². The number of H-pyrrole nitrogens is 1. The van der Waals surface area contributed by atoms with Gasteiger partial charge in [-0.15, -0.1) is 0 Å². The lowest BCUT2D eigenvalue weighted by Gasteiger charge is -2.15. The van der Waals surface area contributed by atoms with Crippen molar-refractivity contribution in [3.05, 3.63) is 58.8 Å². The summed E-state index contributed by atoms with van der Waals surface area (Å²) in [5.74, 6) is 0.0182. The number of aromatic amines is 1. The van der Waals surface area contributed by atoms with Gasteiger partial charge in [-0.1, -0.05) is 6.58 Å². The molecule has 8 heteroatoms. The Bertz CT molecular complexity index is 861. The summed E-state index contributed by atoms with van der Waals surface area (Å²) < 4.78 is 1.60. The van der Waals surface area contributed by atoms with Crippen LogP contribution in [-0.2, 0) is 11.3 Å². The number of benzene rings is 1. The van der Waals surface area contributed by atoms with Gasteiger partial charge >= 0.3 is 5.69 Å². The molecular formula is C17H19N5O3. The molecule has 1 aromatic heterocycles. The zero-order valence-corrected chi connectivity index (χ0v) is 13.9. The maximum atomic E-state index is 12.3. The quantitative estimate of drug-likeness (QED) is 0.765. The summed E-state index contributed by atoms with van der Waals surface area (Å²) in [4.78, 5) is 37.0. The van der Waals surface area contributed by atoms with Gasteiger partial charge < -0.3 is 10.2 Å². The van der Waals surface area contributed by atoms with Gasteiger partial charge in [0.1, 0.15) is 0 Å². The van der Waals surface area contributed by atoms with Crippen LogP contribution in [0.15, 0.2) is 41.7 Å². The zero-order chi connectivity index (χ0) is 18.0. The molecule has 2 amide bonds. The van der Waals surface area contributed by atoms with E-state index in [1.54, 1.807) is 35.9 Å². The Labute approximate surface area is 144 Å². The average molecular weight is 341 g/mol. The van der Waals surface area contributed by atoms with Gasteiger partial charge in [0.2, 0.25) is 5.91 Å². The fourth-order valence-corrected chi connectivity index (χ4v) is 2.53. The molecule has 0 spiro atoms. The van der Waals surface area contributed by atoms with E-state index < -0.39 is 0 Å². The Hall–Kier alpha value is -3.16. The molecule has 2 N–H and O–H groups in total. The van der Waals surface area contributed by atoms with E-state index in [9.17, 15) is 14.4 Å². The van der Waals surface area contributed by atoms with Gasteiger partial charge in [-0.2, -0.15) is 5.10 Å². The van der Waals surface area contributed by atoms with E-state index in [1.807, 2.05) is 0 Å². The van der Waals surface area contributed by atoms with Crippen molar-refractivity contribution in [3.8, 4) is 0 Å². The molecule has 0 radical (unpaired) electrons. The van der Waals surface area contributed by atoms with Crippen molar-refractivity contribution in [2.24, 2.45) is 0 Å². The number of rotatable bonds is 6. The van der Waals surface area contributed by atoms with Gasteiger partial charge in [-0.05, 0) is 43.2 Å². The summed E-state index contributed by atoms with van der Waals surface area (Å²) in [5, 5.41) is 9.14. The Morgan fingerprint density at radius 2 is 2.08 bits per heavy atom. The average Bonchev–Trinajstić information content (AvgIpc) is 3.41. The minimum Gasteiger partial charge on any atom is -0.345 e. The lowest BCUT2D eigenvalue weighted by atomic mass is 10.2. The second kappa shape index (κ2) is 6.76. The molecule has 0 saturated heterocycles. The number of anilines is 1. The van der Waals surface area contributed by atoms with Gasteiger partial charge in [0, 0.05) is 24.3 Å². The third kappa shape index (κ3) is 3.52. The number of aromatic nitrogens is 3. The molecule has 1 aliphatic rings. The highest BCUT2D eigenvalue weighted by molar-refractivity contribution is 6.01. The summed E-state index contributed by atoms with van der Waals surface area (Å²) in [5.41, 5.74) is 0.876. The van der Waals surface area contributed by atoms with Gasteiger partial charge in [0.05, 0.1) is 6.54 Å². The first-order chi connectivity index (χ1) is 12.0. The summed E-state index contributed by atoms with van der Waals surface area (Å²) in [6.07, 6.45) is 3.14. The molecular weight excluding hydrogens is 322 g/mol. The highest BCUT2D eigenvalue weighted by Gasteiger charge is 2.28. The Balaban J connectivity index is 1.65. The van der Waals surface area contributed by atoms with Gasteiger partial charge in [0.15, 0.2) is 5.82 Å². The number of hydrogen-bond donors (Lipinski definition) is 2. The van der Waals surface area contributed by atoms with Gasteiger partial charge in [-0.25, -0.2) is 9.89 Å². The third-order valence-corrected chi connectivity index (χ3v) is 4.12. The normalized spacial score (nSPS) is 13.3. The van der Waals surface area contributed by atoms with Crippen molar-refractivity contribution in [3.63, 3.8) is 0 Å². The van der Waals surface area contributed by atoms with Crippen molar-refractivity contribution < 1.29 is 9.59 Å². The molecule has 0 bridgehead atoms. The van der Waals surface area contributed by atoms with Crippen LogP contribution >= 0.6 is 0 Å². The largest absolute Gasteiger partial charge is 0.345 e. The first-order valence-electron chi connectivity index (χ1n) is 7.95. The van der Waals surface area contributed by atoms with Crippen LogP contribution in [0.5, 0.6) is 0 Å². The Morgan fingerprint density at radius 3 is 2.68 bits per heavy atom. The molecule has 0 aliphatic heterocycles. The monoisotopic (exact) mass is 341 g/mol. The van der Waals surface area contributed by atoms with Gasteiger partial charge in [0.25, 0.3) is 5.91 Å². The topological polar surface area (TPSA) is 100 Å². The van der Waals surface area contributed by atoms with E-state index in [1.165, 1.54) is 11.0 Å². The molecule has 25 heavy (non-hydrogen) atoms. The molecule has 2 aromatic rings. The van der Waals surface area contributed by atoms with E-state index in [0.717, 1.165) is 12.8 Å². The van der Waals surface area contributed by atoms with Crippen LogP contribution in [0.2, 0.25) is 0 Å². The van der Waals surface area contributed by atoms with Crippen LogP contribution in [0, 0.1) is 0 Å². The molecule has 0 unspecified atom stereocenters.